The van der Waals surface area contributed by atoms with E-state index in [0.717, 1.165) is 5.75 Å². The van der Waals surface area contributed by atoms with Crippen LogP contribution in [0.4, 0.5) is 0 Å². The predicted molar refractivity (Wildman–Crippen MR) is 98.4 cm³/mol. The molecule has 3 heteroatoms. The fourth-order valence-corrected chi connectivity index (χ4v) is 3.82. The van der Waals surface area contributed by atoms with E-state index < -0.39 is 0 Å². The van der Waals surface area contributed by atoms with Crippen LogP contribution in [0, 0.1) is 0 Å². The van der Waals surface area contributed by atoms with Gasteiger partial charge in [-0.05, 0) is 53.7 Å². The van der Waals surface area contributed by atoms with Crippen LogP contribution < -0.4 is 4.74 Å². The van der Waals surface area contributed by atoms with Crippen molar-refractivity contribution in [3.05, 3.63) is 34.6 Å². The van der Waals surface area contributed by atoms with Crippen LogP contribution in [0.15, 0.2) is 39.5 Å². The minimum absolute atomic E-state index is 0.922. The van der Waals surface area contributed by atoms with Crippen LogP contribution in [0.1, 0.15) is 51.9 Å². The van der Waals surface area contributed by atoms with Gasteiger partial charge in [-0.25, -0.2) is 0 Å². The Morgan fingerprint density at radius 2 is 1.71 bits per heavy atom. The molecule has 0 aromatic heterocycles. The number of hydrogen-bond donors (Lipinski definition) is 0. The van der Waals surface area contributed by atoms with Gasteiger partial charge in [0.15, 0.2) is 0 Å². The fraction of sp³-hybridized carbons (Fsp3) is 0.556. The first kappa shape index (κ1) is 18.5. The third kappa shape index (κ3) is 8.47. The van der Waals surface area contributed by atoms with Crippen LogP contribution >= 0.6 is 23.5 Å². The summed E-state index contributed by atoms with van der Waals surface area (Å²) in [6.07, 6.45) is 11.5. The molecule has 0 saturated heterocycles. The van der Waals surface area contributed by atoms with Gasteiger partial charge in [0.05, 0.1) is 7.11 Å². The number of thioether (sulfide) groups is 2. The zero-order chi connectivity index (χ0) is 15.3. The van der Waals surface area contributed by atoms with E-state index in [1.807, 2.05) is 23.9 Å². The fourth-order valence-electron chi connectivity index (χ4n) is 2.14. The van der Waals surface area contributed by atoms with Crippen molar-refractivity contribution < 1.29 is 4.74 Å². The van der Waals surface area contributed by atoms with E-state index in [0.29, 0.717) is 0 Å². The van der Waals surface area contributed by atoms with E-state index in [1.165, 1.54) is 54.7 Å². The SMILES string of the molecule is CCCCCCCC/C(=C\SC)Sc1ccc(OC)cc1. The molecule has 0 N–H and O–H groups in total. The number of ether oxygens (including phenoxy) is 1. The lowest BCUT2D eigenvalue weighted by molar-refractivity contribution is 0.414. The number of unbranched alkanes of at least 4 members (excludes halogenated alkanes) is 5. The molecule has 0 aliphatic heterocycles. The Morgan fingerprint density at radius 1 is 1.05 bits per heavy atom. The summed E-state index contributed by atoms with van der Waals surface area (Å²) in [4.78, 5) is 2.77. The summed E-state index contributed by atoms with van der Waals surface area (Å²) < 4.78 is 5.21. The molecule has 0 bridgehead atoms. The minimum Gasteiger partial charge on any atom is -0.497 e. The lowest BCUT2D eigenvalue weighted by Gasteiger charge is -2.08. The maximum Gasteiger partial charge on any atom is 0.118 e. The first-order valence-electron chi connectivity index (χ1n) is 7.84. The molecule has 1 rings (SSSR count). The molecule has 1 nitrogen and oxygen atoms in total. The van der Waals surface area contributed by atoms with E-state index >= 15 is 0 Å². The Bertz CT molecular complexity index is 398. The van der Waals surface area contributed by atoms with Crippen molar-refractivity contribution in [1.29, 1.82) is 0 Å². The standard InChI is InChI=1S/C18H28OS2/c1-4-5-6-7-8-9-10-18(15-20-3)21-17-13-11-16(19-2)12-14-17/h11-15H,4-10H2,1-3H3/b18-15+. The highest BCUT2D eigenvalue weighted by Gasteiger charge is 2.02. The zero-order valence-electron chi connectivity index (χ0n) is 13.6. The zero-order valence-corrected chi connectivity index (χ0v) is 15.2. The van der Waals surface area contributed by atoms with Gasteiger partial charge >= 0.3 is 0 Å². The van der Waals surface area contributed by atoms with Crippen LogP contribution in [0.5, 0.6) is 5.75 Å². The van der Waals surface area contributed by atoms with Crippen molar-refractivity contribution in [2.24, 2.45) is 0 Å². The molecule has 118 valence electrons. The Morgan fingerprint density at radius 3 is 2.33 bits per heavy atom. The molecule has 0 spiro atoms. The first-order valence-corrected chi connectivity index (χ1v) is 9.94. The molecule has 0 unspecified atom stereocenters. The number of rotatable bonds is 11. The summed E-state index contributed by atoms with van der Waals surface area (Å²) in [5, 5.41) is 2.29. The molecule has 0 saturated carbocycles. The molecule has 0 aliphatic rings. The van der Waals surface area contributed by atoms with E-state index in [-0.39, 0.29) is 0 Å². The maximum absolute atomic E-state index is 5.21. The quantitative estimate of drug-likeness (QED) is 0.329. The van der Waals surface area contributed by atoms with Gasteiger partial charge in [0.25, 0.3) is 0 Å². The minimum atomic E-state index is 0.922. The monoisotopic (exact) mass is 324 g/mol. The van der Waals surface area contributed by atoms with Crippen molar-refractivity contribution in [3.63, 3.8) is 0 Å². The Labute approximate surface area is 138 Å². The van der Waals surface area contributed by atoms with Crippen molar-refractivity contribution in [1.82, 2.24) is 0 Å². The Hall–Kier alpha value is -0.540. The van der Waals surface area contributed by atoms with E-state index in [4.69, 9.17) is 4.74 Å². The molecule has 0 aliphatic carbocycles. The van der Waals surface area contributed by atoms with Gasteiger partial charge < -0.3 is 4.74 Å². The molecule has 1 aromatic rings. The lowest BCUT2D eigenvalue weighted by Crippen LogP contribution is -1.84. The van der Waals surface area contributed by atoms with Gasteiger partial charge in [0.2, 0.25) is 0 Å². The van der Waals surface area contributed by atoms with Gasteiger partial charge in [0, 0.05) is 4.90 Å². The third-order valence-electron chi connectivity index (χ3n) is 3.33. The maximum atomic E-state index is 5.21. The van der Waals surface area contributed by atoms with Crippen LogP contribution in [0.2, 0.25) is 0 Å². The second-order valence-corrected chi connectivity index (χ2v) is 7.02. The predicted octanol–water partition coefficient (Wildman–Crippen LogP) is 6.74. The number of methoxy groups -OCH3 is 1. The van der Waals surface area contributed by atoms with Crippen molar-refractivity contribution in [3.8, 4) is 5.75 Å². The van der Waals surface area contributed by atoms with Crippen molar-refractivity contribution in [2.45, 2.75) is 56.8 Å². The molecular formula is C18H28OS2. The van der Waals surface area contributed by atoms with E-state index in [1.54, 1.807) is 18.9 Å². The van der Waals surface area contributed by atoms with Crippen molar-refractivity contribution in [2.75, 3.05) is 13.4 Å². The summed E-state index contributed by atoms with van der Waals surface area (Å²) in [6, 6.07) is 8.34. The molecule has 0 radical (unpaired) electrons. The average Bonchev–Trinajstić information content (AvgIpc) is 2.51. The van der Waals surface area contributed by atoms with E-state index in [2.05, 4.69) is 30.7 Å². The van der Waals surface area contributed by atoms with E-state index in [9.17, 15) is 0 Å². The van der Waals surface area contributed by atoms with Crippen LogP contribution in [-0.4, -0.2) is 13.4 Å². The summed E-state index contributed by atoms with van der Waals surface area (Å²) in [5.41, 5.74) is 0. The highest BCUT2D eigenvalue weighted by atomic mass is 32.2. The normalized spacial score (nSPS) is 11.7. The van der Waals surface area contributed by atoms with Gasteiger partial charge in [-0.1, -0.05) is 50.8 Å². The largest absolute Gasteiger partial charge is 0.497 e. The Kier molecular flexibility index (Phi) is 10.6. The van der Waals surface area contributed by atoms with Gasteiger partial charge in [0.1, 0.15) is 5.75 Å². The summed E-state index contributed by atoms with van der Waals surface area (Å²) >= 11 is 3.69. The highest BCUT2D eigenvalue weighted by molar-refractivity contribution is 8.05. The second-order valence-electron chi connectivity index (χ2n) is 5.12. The summed E-state index contributed by atoms with van der Waals surface area (Å²) in [7, 11) is 1.71. The van der Waals surface area contributed by atoms with Crippen LogP contribution in [0.25, 0.3) is 0 Å². The first-order chi connectivity index (χ1) is 10.3. The van der Waals surface area contributed by atoms with Crippen LogP contribution in [-0.2, 0) is 0 Å². The summed E-state index contributed by atoms with van der Waals surface area (Å²) in [6.45, 7) is 2.27. The number of allylic oxidation sites excluding steroid dienone is 1. The Balaban J connectivity index is 2.37. The molecule has 21 heavy (non-hydrogen) atoms. The molecule has 1 aromatic carbocycles. The topological polar surface area (TPSA) is 9.23 Å². The smallest absolute Gasteiger partial charge is 0.118 e. The number of benzene rings is 1. The average molecular weight is 325 g/mol. The van der Waals surface area contributed by atoms with Crippen LogP contribution in [0.3, 0.4) is 0 Å². The molecule has 0 amide bonds. The van der Waals surface area contributed by atoms with Gasteiger partial charge in [-0.2, -0.15) is 0 Å². The molecule has 0 fully saturated rings. The molecule has 0 atom stereocenters. The number of hydrogen-bond acceptors (Lipinski definition) is 3. The van der Waals surface area contributed by atoms with Gasteiger partial charge in [-0.15, -0.1) is 11.8 Å². The second kappa shape index (κ2) is 12.0. The molecular weight excluding hydrogens is 296 g/mol. The highest BCUT2D eigenvalue weighted by Crippen LogP contribution is 2.32. The van der Waals surface area contributed by atoms with Crippen molar-refractivity contribution >= 4 is 23.5 Å². The summed E-state index contributed by atoms with van der Waals surface area (Å²) in [5.74, 6) is 0.922. The molecule has 0 heterocycles. The lowest BCUT2D eigenvalue weighted by atomic mass is 10.1. The van der Waals surface area contributed by atoms with Gasteiger partial charge in [-0.3, -0.25) is 0 Å². The third-order valence-corrected chi connectivity index (χ3v) is 5.10.